The molecule has 6 nitrogen and oxygen atoms in total. The maximum absolute atomic E-state index is 13.2. The molecule has 3 aromatic rings. The fourth-order valence-corrected chi connectivity index (χ4v) is 4.76. The number of nitrogens with one attached hydrogen (secondary N) is 1. The number of hydrazone groups is 1. The lowest BCUT2D eigenvalue weighted by molar-refractivity contribution is -0.115. The van der Waals surface area contributed by atoms with E-state index >= 15 is 0 Å². The molecule has 0 radical (unpaired) electrons. The van der Waals surface area contributed by atoms with E-state index in [-0.39, 0.29) is 24.4 Å². The molecule has 2 aliphatic heterocycles. The zero-order valence-corrected chi connectivity index (χ0v) is 20.7. The Kier molecular flexibility index (Phi) is 7.22. The summed E-state index contributed by atoms with van der Waals surface area (Å²) < 4.78 is 5.29. The van der Waals surface area contributed by atoms with E-state index in [1.165, 1.54) is 5.56 Å². The van der Waals surface area contributed by atoms with Crippen LogP contribution in [0.25, 0.3) is 0 Å². The van der Waals surface area contributed by atoms with Crippen LogP contribution in [-0.4, -0.2) is 25.3 Å². The van der Waals surface area contributed by atoms with E-state index in [0.29, 0.717) is 27.9 Å². The number of halogens is 3. The van der Waals surface area contributed by atoms with Crippen LogP contribution in [0.1, 0.15) is 23.6 Å². The lowest BCUT2D eigenvalue weighted by Crippen LogP contribution is -2.44. The molecule has 34 heavy (non-hydrogen) atoms. The van der Waals surface area contributed by atoms with Crippen LogP contribution in [-0.2, 0) is 11.2 Å². The molecule has 3 aromatic carbocycles. The highest BCUT2D eigenvalue weighted by Gasteiger charge is 2.34. The molecule has 1 atom stereocenters. The number of fused-ring (bicyclic) bond motifs is 1. The molecule has 2 aliphatic rings. The van der Waals surface area contributed by atoms with Gasteiger partial charge in [0.2, 0.25) is 0 Å². The number of carbonyl (C=O) groups is 1. The molecule has 0 bridgehead atoms. The second kappa shape index (κ2) is 10.1. The number of para-hydroxylation sites is 1. The van der Waals surface area contributed by atoms with E-state index in [1.54, 1.807) is 24.3 Å². The standard InChI is InChI=1S/C25H22Cl2N4O2.ClH/c1-33-19-9-6-17(7-10-19)24-15-21(28-31(24)23-11-8-18(26)14-20(23)27)25(32)29-30-13-12-16-4-2-3-5-22(16)30;/h2-11,14,24H,12-13,15H2,1H3,(H,29,32);1H. The molecule has 0 saturated heterocycles. The van der Waals surface area contributed by atoms with Gasteiger partial charge in [0.25, 0.3) is 5.91 Å². The van der Waals surface area contributed by atoms with Gasteiger partial charge in [-0.1, -0.05) is 53.5 Å². The van der Waals surface area contributed by atoms with Gasteiger partial charge in [-0.15, -0.1) is 12.4 Å². The van der Waals surface area contributed by atoms with Crippen molar-refractivity contribution in [2.24, 2.45) is 5.10 Å². The number of hydrazine groups is 1. The first kappa shape index (κ1) is 24.2. The van der Waals surface area contributed by atoms with Crippen molar-refractivity contribution in [2.45, 2.75) is 18.9 Å². The molecule has 1 amide bonds. The summed E-state index contributed by atoms with van der Waals surface area (Å²) in [5, 5.41) is 9.40. The average molecular weight is 518 g/mol. The third kappa shape index (κ3) is 4.67. The zero-order valence-electron chi connectivity index (χ0n) is 18.4. The summed E-state index contributed by atoms with van der Waals surface area (Å²) in [5.41, 5.74) is 7.39. The Morgan fingerprint density at radius 2 is 1.82 bits per heavy atom. The Bertz CT molecular complexity index is 1230. The van der Waals surface area contributed by atoms with Crippen LogP contribution in [0.2, 0.25) is 10.0 Å². The van der Waals surface area contributed by atoms with Crippen LogP contribution < -0.4 is 20.2 Å². The molecule has 1 N–H and O–H groups in total. The minimum absolute atomic E-state index is 0. The quantitative estimate of drug-likeness (QED) is 0.463. The number of amides is 1. The number of rotatable bonds is 5. The van der Waals surface area contributed by atoms with E-state index in [2.05, 4.69) is 11.5 Å². The van der Waals surface area contributed by atoms with Crippen molar-refractivity contribution in [1.29, 1.82) is 0 Å². The van der Waals surface area contributed by atoms with Gasteiger partial charge < -0.3 is 4.74 Å². The maximum Gasteiger partial charge on any atom is 0.286 e. The molecule has 0 spiro atoms. The summed E-state index contributed by atoms with van der Waals surface area (Å²) in [6.07, 6.45) is 1.33. The Balaban J connectivity index is 0.00000274. The van der Waals surface area contributed by atoms with Crippen LogP contribution >= 0.6 is 35.6 Å². The number of carbonyl (C=O) groups excluding carboxylic acids is 1. The van der Waals surface area contributed by atoms with Crippen LogP contribution in [0, 0.1) is 0 Å². The van der Waals surface area contributed by atoms with Gasteiger partial charge in [-0.3, -0.25) is 20.2 Å². The Morgan fingerprint density at radius 3 is 2.56 bits per heavy atom. The molecule has 1 unspecified atom stereocenters. The first-order chi connectivity index (χ1) is 16.0. The number of hydrogen-bond donors (Lipinski definition) is 1. The third-order valence-electron chi connectivity index (χ3n) is 5.95. The molecule has 0 aliphatic carbocycles. The van der Waals surface area contributed by atoms with Gasteiger partial charge in [-0.2, -0.15) is 5.10 Å². The predicted molar refractivity (Wildman–Crippen MR) is 140 cm³/mol. The van der Waals surface area contributed by atoms with E-state index in [0.717, 1.165) is 30.0 Å². The topological polar surface area (TPSA) is 57.2 Å². The van der Waals surface area contributed by atoms with Crippen molar-refractivity contribution in [1.82, 2.24) is 5.43 Å². The van der Waals surface area contributed by atoms with Crippen molar-refractivity contribution in [3.05, 3.63) is 87.9 Å². The van der Waals surface area contributed by atoms with Gasteiger partial charge in [-0.05, 0) is 53.9 Å². The van der Waals surface area contributed by atoms with Crippen molar-refractivity contribution in [3.63, 3.8) is 0 Å². The molecule has 0 fully saturated rings. The van der Waals surface area contributed by atoms with E-state index in [9.17, 15) is 4.79 Å². The van der Waals surface area contributed by atoms with Crippen molar-refractivity contribution in [2.75, 3.05) is 23.7 Å². The van der Waals surface area contributed by atoms with Crippen molar-refractivity contribution >= 4 is 58.6 Å². The van der Waals surface area contributed by atoms with Gasteiger partial charge in [0, 0.05) is 18.0 Å². The van der Waals surface area contributed by atoms with E-state index < -0.39 is 0 Å². The number of anilines is 2. The molecule has 176 valence electrons. The predicted octanol–water partition coefficient (Wildman–Crippen LogP) is 5.83. The smallest absolute Gasteiger partial charge is 0.286 e. The second-order valence-corrected chi connectivity index (χ2v) is 8.79. The van der Waals surface area contributed by atoms with Crippen molar-refractivity contribution < 1.29 is 9.53 Å². The number of benzene rings is 3. The molecular formula is C25H23Cl3N4O2. The van der Waals surface area contributed by atoms with Crippen molar-refractivity contribution in [3.8, 4) is 5.75 Å². The summed E-state index contributed by atoms with van der Waals surface area (Å²) in [5.74, 6) is 0.539. The fourth-order valence-electron chi connectivity index (χ4n) is 4.26. The van der Waals surface area contributed by atoms with E-state index in [4.69, 9.17) is 33.0 Å². The molecule has 0 saturated carbocycles. The summed E-state index contributed by atoms with van der Waals surface area (Å²) >= 11 is 12.6. The number of ether oxygens (including phenoxy) is 1. The van der Waals surface area contributed by atoms with Gasteiger partial charge in [0.1, 0.15) is 11.5 Å². The largest absolute Gasteiger partial charge is 0.497 e. The van der Waals surface area contributed by atoms with Crippen LogP contribution in [0.5, 0.6) is 5.75 Å². The SMILES string of the molecule is COc1ccc(C2CC(C(=O)NN3CCc4ccccc43)=NN2c2ccc(Cl)cc2Cl)cc1.Cl. The third-order valence-corrected chi connectivity index (χ3v) is 6.49. The summed E-state index contributed by atoms with van der Waals surface area (Å²) in [4.78, 5) is 13.2. The highest BCUT2D eigenvalue weighted by Crippen LogP contribution is 2.40. The minimum atomic E-state index is -0.224. The first-order valence-electron chi connectivity index (χ1n) is 10.7. The number of nitrogens with zero attached hydrogens (tertiary/aromatic N) is 3. The minimum Gasteiger partial charge on any atom is -0.497 e. The fraction of sp³-hybridized carbons (Fsp3) is 0.200. The van der Waals surface area contributed by atoms with Gasteiger partial charge in [0.15, 0.2) is 0 Å². The second-order valence-electron chi connectivity index (χ2n) is 7.95. The summed E-state index contributed by atoms with van der Waals surface area (Å²) in [6.45, 7) is 0.729. The van der Waals surface area contributed by atoms with Gasteiger partial charge >= 0.3 is 0 Å². The van der Waals surface area contributed by atoms with Crippen LogP contribution in [0.3, 0.4) is 0 Å². The monoisotopic (exact) mass is 516 g/mol. The Labute approximate surface area is 214 Å². The number of hydrogen-bond acceptors (Lipinski definition) is 5. The highest BCUT2D eigenvalue weighted by molar-refractivity contribution is 6.40. The average Bonchev–Trinajstić information content (AvgIpc) is 3.44. The van der Waals surface area contributed by atoms with Gasteiger partial charge in [-0.25, -0.2) is 0 Å². The number of methoxy groups -OCH3 is 1. The molecular weight excluding hydrogens is 495 g/mol. The Hall–Kier alpha value is -2.93. The maximum atomic E-state index is 13.2. The lowest BCUT2D eigenvalue weighted by atomic mass is 10.0. The first-order valence-corrected chi connectivity index (χ1v) is 11.4. The molecule has 9 heteroatoms. The lowest BCUT2D eigenvalue weighted by Gasteiger charge is -2.25. The van der Waals surface area contributed by atoms with Crippen LogP contribution in [0.4, 0.5) is 11.4 Å². The Morgan fingerprint density at radius 1 is 1.06 bits per heavy atom. The normalized spacial score (nSPS) is 16.6. The van der Waals surface area contributed by atoms with Crippen LogP contribution in [0.15, 0.2) is 71.8 Å². The highest BCUT2D eigenvalue weighted by atomic mass is 35.5. The molecule has 2 heterocycles. The van der Waals surface area contributed by atoms with E-state index in [1.807, 2.05) is 53.5 Å². The zero-order chi connectivity index (χ0) is 22.9. The summed E-state index contributed by atoms with van der Waals surface area (Å²) in [6, 6.07) is 20.9. The molecule has 5 rings (SSSR count). The summed E-state index contributed by atoms with van der Waals surface area (Å²) in [7, 11) is 1.63. The molecule has 0 aromatic heterocycles. The van der Waals surface area contributed by atoms with Gasteiger partial charge in [0.05, 0.1) is 29.5 Å².